The maximum atomic E-state index is 13.4. The number of rotatable bonds is 7. The van der Waals surface area contributed by atoms with Gasteiger partial charge in [-0.3, -0.25) is 14.2 Å². The van der Waals surface area contributed by atoms with Crippen LogP contribution in [-0.4, -0.2) is 30.8 Å². The van der Waals surface area contributed by atoms with E-state index in [0.717, 1.165) is 5.56 Å². The monoisotopic (exact) mass is 505 g/mol. The smallest absolute Gasteiger partial charge is 0.290 e. The lowest BCUT2D eigenvalue weighted by Gasteiger charge is -2.09. The van der Waals surface area contributed by atoms with Gasteiger partial charge in [0.05, 0.1) is 12.2 Å². The standard InChI is InChI=1S/C23H16ClN7O5/c24-14-3-1-13(2-4-14)12-31-22(33)17(21-28-20(19(25)32)30-36-21)11-26-23(31)27-15-5-7-16(8-6-15)35-18-9-10-34-29-18/h1-11H,12H2,(H2,25,32)(H,26,27). The fourth-order valence-corrected chi connectivity index (χ4v) is 3.33. The summed E-state index contributed by atoms with van der Waals surface area (Å²) >= 11 is 6.00. The molecule has 0 aliphatic heterocycles. The van der Waals surface area contributed by atoms with Gasteiger partial charge < -0.3 is 24.5 Å². The van der Waals surface area contributed by atoms with Gasteiger partial charge in [-0.25, -0.2) is 4.99 Å². The fraction of sp³-hybridized carbons (Fsp3) is 0.0435. The van der Waals surface area contributed by atoms with Crippen molar-refractivity contribution in [1.82, 2.24) is 24.8 Å². The highest BCUT2D eigenvalue weighted by Crippen LogP contribution is 2.22. The Hall–Kier alpha value is -4.97. The summed E-state index contributed by atoms with van der Waals surface area (Å²) in [6, 6.07) is 15.4. The van der Waals surface area contributed by atoms with Crippen LogP contribution in [0.25, 0.3) is 11.5 Å². The lowest BCUT2D eigenvalue weighted by atomic mass is 10.2. The number of amides is 1. The van der Waals surface area contributed by atoms with Gasteiger partial charge in [-0.1, -0.05) is 28.9 Å². The number of carbonyl (C=O) groups is 1. The van der Waals surface area contributed by atoms with Crippen LogP contribution in [0.2, 0.25) is 5.02 Å². The van der Waals surface area contributed by atoms with Crippen LogP contribution in [-0.2, 0) is 6.54 Å². The molecule has 36 heavy (non-hydrogen) atoms. The molecule has 3 heterocycles. The molecule has 5 aromatic rings. The maximum Gasteiger partial charge on any atom is 0.290 e. The van der Waals surface area contributed by atoms with Gasteiger partial charge in [-0.05, 0) is 47.1 Å². The molecule has 5 rings (SSSR count). The number of nitrogens with two attached hydrogens (primary N) is 1. The van der Waals surface area contributed by atoms with E-state index >= 15 is 0 Å². The van der Waals surface area contributed by atoms with E-state index in [9.17, 15) is 9.59 Å². The van der Waals surface area contributed by atoms with E-state index in [2.05, 4.69) is 25.3 Å². The minimum atomic E-state index is -0.877. The summed E-state index contributed by atoms with van der Waals surface area (Å²) in [5.41, 5.74) is 6.34. The number of nitrogens with zero attached hydrogens (tertiary/aromatic N) is 5. The van der Waals surface area contributed by atoms with Gasteiger partial charge in [-0.2, -0.15) is 4.98 Å². The lowest BCUT2D eigenvalue weighted by molar-refractivity contribution is 0.0987. The average molecular weight is 506 g/mol. The molecule has 0 atom stereocenters. The third kappa shape index (κ3) is 4.93. The number of halogens is 1. The molecule has 3 aromatic heterocycles. The quantitative estimate of drug-likeness (QED) is 0.340. The molecule has 0 bridgehead atoms. The molecule has 0 radical (unpaired) electrons. The van der Waals surface area contributed by atoms with Crippen molar-refractivity contribution in [1.29, 1.82) is 0 Å². The zero-order valence-electron chi connectivity index (χ0n) is 18.3. The van der Waals surface area contributed by atoms with Gasteiger partial charge in [-0.15, -0.1) is 0 Å². The summed E-state index contributed by atoms with van der Waals surface area (Å²) < 4.78 is 16.8. The Kier molecular flexibility index (Phi) is 6.16. The first kappa shape index (κ1) is 22.8. The van der Waals surface area contributed by atoms with Crippen molar-refractivity contribution in [3.05, 3.63) is 99.4 Å². The zero-order chi connectivity index (χ0) is 25.1. The minimum absolute atomic E-state index is 0.0410. The number of primary amides is 1. The van der Waals surface area contributed by atoms with Crippen LogP contribution in [0.4, 0.5) is 5.69 Å². The molecular formula is C23H16ClN7O5. The summed E-state index contributed by atoms with van der Waals surface area (Å²) in [6.07, 6.45) is 2.78. The van der Waals surface area contributed by atoms with Crippen LogP contribution in [0, 0.1) is 0 Å². The summed E-state index contributed by atoms with van der Waals surface area (Å²) in [4.78, 5) is 36.2. The van der Waals surface area contributed by atoms with Crippen LogP contribution in [0.1, 0.15) is 16.2 Å². The summed E-state index contributed by atoms with van der Waals surface area (Å²) in [7, 11) is 0. The number of carbonyl (C=O) groups excluding carboxylic acids is 1. The summed E-state index contributed by atoms with van der Waals surface area (Å²) in [5.74, 6) is -0.521. The second kappa shape index (κ2) is 9.72. The van der Waals surface area contributed by atoms with Crippen molar-refractivity contribution in [2.75, 3.05) is 0 Å². The molecule has 3 N–H and O–H groups in total. The van der Waals surface area contributed by atoms with Crippen LogP contribution in [0.5, 0.6) is 11.6 Å². The highest BCUT2D eigenvalue weighted by molar-refractivity contribution is 6.30. The normalized spacial score (nSPS) is 11.5. The van der Waals surface area contributed by atoms with E-state index in [1.54, 1.807) is 54.6 Å². The third-order valence-electron chi connectivity index (χ3n) is 4.92. The Labute approximate surface area is 206 Å². The molecule has 13 heteroatoms. The van der Waals surface area contributed by atoms with Crippen molar-refractivity contribution in [2.45, 2.75) is 6.54 Å². The van der Waals surface area contributed by atoms with Crippen molar-refractivity contribution < 1.29 is 18.6 Å². The Morgan fingerprint density at radius 2 is 1.89 bits per heavy atom. The third-order valence-corrected chi connectivity index (χ3v) is 5.17. The minimum Gasteiger partial charge on any atom is -0.436 e. The molecule has 0 spiro atoms. The predicted molar refractivity (Wildman–Crippen MR) is 126 cm³/mol. The number of H-pyrrole nitrogens is 1. The Bertz CT molecular complexity index is 1640. The summed E-state index contributed by atoms with van der Waals surface area (Å²) in [5, 5.41) is 7.76. The number of aromatic amines is 1. The molecule has 0 fully saturated rings. The molecule has 2 aromatic carbocycles. The molecule has 1 amide bonds. The van der Waals surface area contributed by atoms with E-state index in [0.29, 0.717) is 22.3 Å². The van der Waals surface area contributed by atoms with Crippen LogP contribution in [0.3, 0.4) is 0 Å². The lowest BCUT2D eigenvalue weighted by Crippen LogP contribution is -2.36. The highest BCUT2D eigenvalue weighted by atomic mass is 35.5. The van der Waals surface area contributed by atoms with E-state index in [1.165, 1.54) is 17.0 Å². The van der Waals surface area contributed by atoms with Gasteiger partial charge in [0.15, 0.2) is 0 Å². The van der Waals surface area contributed by atoms with E-state index in [4.69, 9.17) is 31.1 Å². The predicted octanol–water partition coefficient (Wildman–Crippen LogP) is 3.04. The highest BCUT2D eigenvalue weighted by Gasteiger charge is 2.18. The van der Waals surface area contributed by atoms with Gasteiger partial charge in [0.2, 0.25) is 5.62 Å². The molecule has 0 aliphatic rings. The van der Waals surface area contributed by atoms with Crippen molar-refractivity contribution >= 4 is 23.2 Å². The number of benzene rings is 2. The molecule has 0 unspecified atom stereocenters. The number of ether oxygens (including phenoxy) is 1. The average Bonchev–Trinajstić information content (AvgIpc) is 3.57. The molecule has 0 saturated heterocycles. The fourth-order valence-electron chi connectivity index (χ4n) is 3.20. The zero-order valence-corrected chi connectivity index (χ0v) is 19.0. The first-order valence-electron chi connectivity index (χ1n) is 10.4. The number of nitrogens with one attached hydrogen (secondary N) is 1. The van der Waals surface area contributed by atoms with Crippen LogP contribution >= 0.6 is 11.6 Å². The SMILES string of the molecule is NC(=O)c1noc(-c2c[nH]/c(=N\c3ccc(Oc4ccon4)cc3)n(Cc3ccc(Cl)cc3)c2=O)n1. The second-order valence-corrected chi connectivity index (χ2v) is 7.81. The first-order chi connectivity index (χ1) is 17.5. The molecule has 0 saturated carbocycles. The van der Waals surface area contributed by atoms with E-state index < -0.39 is 11.5 Å². The topological polar surface area (TPSA) is 167 Å². The Morgan fingerprint density at radius 3 is 2.56 bits per heavy atom. The van der Waals surface area contributed by atoms with Crippen LogP contribution < -0.4 is 21.6 Å². The summed E-state index contributed by atoms with van der Waals surface area (Å²) in [6.45, 7) is 0.156. The van der Waals surface area contributed by atoms with Gasteiger partial charge >= 0.3 is 0 Å². The Balaban J connectivity index is 1.55. The molecule has 0 aliphatic carbocycles. The number of hydrogen-bond acceptors (Lipinski definition) is 9. The van der Waals surface area contributed by atoms with Gasteiger partial charge in [0.25, 0.3) is 29.1 Å². The molecule has 12 nitrogen and oxygen atoms in total. The number of hydrogen-bond donors (Lipinski definition) is 2. The van der Waals surface area contributed by atoms with Crippen molar-refractivity contribution in [3.63, 3.8) is 0 Å². The van der Waals surface area contributed by atoms with Gasteiger partial charge in [0.1, 0.15) is 17.6 Å². The number of aromatic nitrogens is 5. The van der Waals surface area contributed by atoms with Crippen molar-refractivity contribution in [2.24, 2.45) is 10.7 Å². The largest absolute Gasteiger partial charge is 0.436 e. The van der Waals surface area contributed by atoms with Gasteiger partial charge in [0, 0.05) is 17.3 Å². The second-order valence-electron chi connectivity index (χ2n) is 7.38. The van der Waals surface area contributed by atoms with Crippen LogP contribution in [0.15, 0.2) is 85.9 Å². The maximum absolute atomic E-state index is 13.4. The van der Waals surface area contributed by atoms with E-state index in [-0.39, 0.29) is 29.4 Å². The van der Waals surface area contributed by atoms with Crippen molar-refractivity contribution in [3.8, 4) is 23.1 Å². The first-order valence-corrected chi connectivity index (χ1v) is 10.8. The molecular weight excluding hydrogens is 490 g/mol. The molecule has 180 valence electrons. The van der Waals surface area contributed by atoms with E-state index in [1.807, 2.05) is 0 Å². The Morgan fingerprint density at radius 1 is 1.11 bits per heavy atom.